The summed E-state index contributed by atoms with van der Waals surface area (Å²) in [5.74, 6) is 0. The van der Waals surface area contributed by atoms with Gasteiger partial charge in [-0.15, -0.1) is 0 Å². The first-order valence-electron chi connectivity index (χ1n) is 0. The van der Waals surface area contributed by atoms with E-state index < -0.39 is 0 Å². The maximum atomic E-state index is 0. The van der Waals surface area contributed by atoms with Crippen molar-refractivity contribution in [1.29, 1.82) is 0 Å². The van der Waals surface area contributed by atoms with Crippen LogP contribution < -0.4 is 0 Å². The van der Waals surface area contributed by atoms with Gasteiger partial charge < -0.3 is 16.4 Å². The molecule has 6 heteroatoms. The topological polar surface area (TPSA) is 85.5 Å². The van der Waals surface area contributed by atoms with Crippen LogP contribution in [0.1, 0.15) is 0 Å². The Bertz CT molecular complexity index is 8.75. The van der Waals surface area contributed by atoms with Crippen molar-refractivity contribution in [3.05, 3.63) is 0 Å². The third kappa shape index (κ3) is 43.3. The molecule has 0 atom stereocenters. The molecule has 0 aliphatic carbocycles. The van der Waals surface area contributed by atoms with E-state index in [1.807, 2.05) is 0 Å². The zero-order valence-electron chi connectivity index (χ0n) is 2.70. The number of hydrogen-bond acceptors (Lipinski definition) is 0. The van der Waals surface area contributed by atoms with E-state index in [1.165, 1.54) is 0 Å². The Kier molecular flexibility index (Phi) is 1480. The van der Waals surface area contributed by atoms with Gasteiger partial charge in [0.15, 0.2) is 0 Å². The van der Waals surface area contributed by atoms with Crippen LogP contribution in [0.4, 0.5) is 0 Å². The summed E-state index contributed by atoms with van der Waals surface area (Å²) in [4.78, 5) is 0. The van der Waals surface area contributed by atoms with Crippen LogP contribution in [-0.4, -0.2) is 60.8 Å². The third-order valence-electron chi connectivity index (χ3n) is 0. The van der Waals surface area contributed by atoms with Gasteiger partial charge in [0.1, 0.15) is 0 Å². The smallest absolute Gasteiger partial charge is 2.00 e. The summed E-state index contributed by atoms with van der Waals surface area (Å²) < 4.78 is 0. The molecule has 0 unspecified atom stereocenters. The second kappa shape index (κ2) is 74.8. The standard InChI is InChI=1S/B.2Bi.3O/q;2*+3;3*-2. The molecule has 0 fully saturated rings. The van der Waals surface area contributed by atoms with Gasteiger partial charge in [-0.25, -0.2) is 0 Å². The largest absolute Gasteiger partial charge is 3.00 e. The monoisotopic (exact) mass is 477 g/mol. The second-order valence-electron chi connectivity index (χ2n) is 0. The van der Waals surface area contributed by atoms with Gasteiger partial charge in [0.05, 0.1) is 0 Å². The summed E-state index contributed by atoms with van der Waals surface area (Å²) in [7, 11) is 0. The van der Waals surface area contributed by atoms with Crippen LogP contribution in [-0.2, 0) is 16.4 Å². The zero-order chi connectivity index (χ0) is 0. The fourth-order valence-corrected chi connectivity index (χ4v) is 0. The third-order valence-corrected chi connectivity index (χ3v) is 0. The van der Waals surface area contributed by atoms with E-state index in [0.717, 1.165) is 0 Å². The molecule has 0 N–H and O–H groups in total. The van der Waals surface area contributed by atoms with Crippen LogP contribution in [0.25, 0.3) is 0 Å². The molecule has 3 nitrogen and oxygen atoms in total. The molecule has 31 valence electrons. The maximum absolute atomic E-state index is 0. The van der Waals surface area contributed by atoms with Crippen molar-refractivity contribution in [3.63, 3.8) is 0 Å². The predicted molar refractivity (Wildman–Crippen MR) is 19.3 cm³/mol. The second-order valence-corrected chi connectivity index (χ2v) is 0. The van der Waals surface area contributed by atoms with Gasteiger partial charge in [-0.3, -0.25) is 0 Å². The number of hydrogen-bond donors (Lipinski definition) is 0. The summed E-state index contributed by atoms with van der Waals surface area (Å²) >= 11 is 0. The average molecular weight is 477 g/mol. The molecule has 0 spiro atoms. The van der Waals surface area contributed by atoms with Crippen molar-refractivity contribution in [2.24, 2.45) is 0 Å². The van der Waals surface area contributed by atoms with Gasteiger partial charge in [-0.1, -0.05) is 0 Å². The van der Waals surface area contributed by atoms with Crippen molar-refractivity contribution < 1.29 is 16.4 Å². The van der Waals surface area contributed by atoms with E-state index in [2.05, 4.69) is 0 Å². The van der Waals surface area contributed by atoms with Gasteiger partial charge in [0, 0.05) is 8.41 Å². The molecule has 0 saturated carbocycles. The molecule has 0 aliphatic heterocycles. The van der Waals surface area contributed by atoms with E-state index in [0.29, 0.717) is 0 Å². The van der Waals surface area contributed by atoms with Crippen LogP contribution in [0.15, 0.2) is 0 Å². The van der Waals surface area contributed by atoms with Crippen LogP contribution >= 0.6 is 0 Å². The first kappa shape index (κ1) is 119. The zero-order valence-corrected chi connectivity index (χ0v) is 9.65. The summed E-state index contributed by atoms with van der Waals surface area (Å²) in [5, 5.41) is 0. The molecule has 0 saturated heterocycles. The first-order chi connectivity index (χ1) is 0. The van der Waals surface area contributed by atoms with Gasteiger partial charge in [0.25, 0.3) is 0 Å². The SMILES string of the molecule is [B].[Bi+3].[Bi+3].[O-2].[O-2].[O-2]. The molecule has 0 rings (SSSR count). The minimum Gasteiger partial charge on any atom is -2.00 e. The Labute approximate surface area is 76.6 Å². The summed E-state index contributed by atoms with van der Waals surface area (Å²) in [6.45, 7) is 0. The van der Waals surface area contributed by atoms with Crippen LogP contribution in [0.3, 0.4) is 0 Å². The summed E-state index contributed by atoms with van der Waals surface area (Å²) in [6, 6.07) is 0. The molecule has 0 amide bonds. The molecule has 0 aromatic heterocycles. The van der Waals surface area contributed by atoms with Crippen molar-refractivity contribution in [1.82, 2.24) is 0 Å². The van der Waals surface area contributed by atoms with E-state index >= 15 is 0 Å². The first-order valence-corrected chi connectivity index (χ1v) is 0. The molecule has 0 aromatic carbocycles. The van der Waals surface area contributed by atoms with E-state index in [1.54, 1.807) is 0 Å². The Balaban J connectivity index is 0. The minimum atomic E-state index is 0. The quantitative estimate of drug-likeness (QED) is 0.381. The van der Waals surface area contributed by atoms with Crippen molar-refractivity contribution in [2.75, 3.05) is 0 Å². The normalized spacial score (nSPS) is 0. The number of rotatable bonds is 0. The Hall–Kier alpha value is 1.71. The molecule has 7 radical (unpaired) electrons. The van der Waals surface area contributed by atoms with Gasteiger partial charge >= 0.3 is 52.4 Å². The molecule has 0 aromatic rings. The maximum Gasteiger partial charge on any atom is 3.00 e. The van der Waals surface area contributed by atoms with Crippen molar-refractivity contribution >= 4 is 60.8 Å². The Morgan fingerprint density at radius 1 is 0.500 bits per heavy atom. The molecule has 0 aliphatic rings. The van der Waals surface area contributed by atoms with Gasteiger partial charge in [-0.2, -0.15) is 0 Å². The van der Waals surface area contributed by atoms with Gasteiger partial charge in [-0.05, 0) is 0 Å². The van der Waals surface area contributed by atoms with Crippen LogP contribution in [0, 0.1) is 0 Å². The molecular weight excluding hydrogens is 477 g/mol. The minimum absolute atomic E-state index is 0. The average Bonchev–Trinajstić information content (AvgIpc) is 0. The molecule has 0 heterocycles. The van der Waals surface area contributed by atoms with Gasteiger partial charge in [0.2, 0.25) is 0 Å². The van der Waals surface area contributed by atoms with Crippen LogP contribution in [0.2, 0.25) is 0 Å². The van der Waals surface area contributed by atoms with E-state index in [-0.39, 0.29) is 77.2 Å². The fraction of sp³-hybridized carbons (Fsp3) is 0. The van der Waals surface area contributed by atoms with E-state index in [4.69, 9.17) is 0 Å². The predicted octanol–water partition coefficient (Wildman–Crippen LogP) is -1.50. The van der Waals surface area contributed by atoms with Crippen molar-refractivity contribution in [2.45, 2.75) is 0 Å². The molecule has 6 heavy (non-hydrogen) atoms. The summed E-state index contributed by atoms with van der Waals surface area (Å²) in [5.41, 5.74) is 0. The molecular formula is BBi2O3. The Morgan fingerprint density at radius 2 is 0.500 bits per heavy atom. The molecule has 0 bridgehead atoms. The van der Waals surface area contributed by atoms with Crippen molar-refractivity contribution in [3.8, 4) is 0 Å². The summed E-state index contributed by atoms with van der Waals surface area (Å²) in [6.07, 6.45) is 0. The Morgan fingerprint density at radius 3 is 0.500 bits per heavy atom. The van der Waals surface area contributed by atoms with Crippen LogP contribution in [0.5, 0.6) is 0 Å². The fourth-order valence-electron chi connectivity index (χ4n) is 0. The van der Waals surface area contributed by atoms with E-state index in [9.17, 15) is 0 Å².